The zero-order chi connectivity index (χ0) is 13.3. The van der Waals surface area contributed by atoms with E-state index in [0.29, 0.717) is 0 Å². The largest absolute Gasteiger partial charge is 0.105 e. The average molecular weight is 250 g/mol. The Morgan fingerprint density at radius 3 is 1.94 bits per heavy atom. The molecule has 0 aliphatic rings. The molecule has 1 atom stereocenters. The quantitative estimate of drug-likeness (QED) is 0.687. The number of rotatable bonds is 4. The number of hydrogen-bond donors (Lipinski definition) is 0. The van der Waals surface area contributed by atoms with Crippen molar-refractivity contribution in [2.45, 2.75) is 65.2 Å². The summed E-state index contributed by atoms with van der Waals surface area (Å²) in [6.45, 7) is 13.8. The van der Waals surface area contributed by atoms with Crippen LogP contribution in [0, 0.1) is 0 Å². The highest BCUT2D eigenvalue weighted by molar-refractivity contribution is 7.27. The Morgan fingerprint density at radius 1 is 0.941 bits per heavy atom. The highest BCUT2D eigenvalue weighted by atomic mass is 31.0. The van der Waals surface area contributed by atoms with E-state index in [1.165, 1.54) is 29.3 Å². The summed E-state index contributed by atoms with van der Waals surface area (Å²) < 4.78 is 0. The van der Waals surface area contributed by atoms with E-state index in [0.717, 1.165) is 0 Å². The van der Waals surface area contributed by atoms with E-state index >= 15 is 0 Å². The highest BCUT2D eigenvalue weighted by Crippen LogP contribution is 2.32. The molecule has 0 radical (unpaired) electrons. The van der Waals surface area contributed by atoms with Crippen LogP contribution in [-0.2, 0) is 10.8 Å². The summed E-state index contributed by atoms with van der Waals surface area (Å²) in [5.74, 6) is 0. The molecule has 0 heterocycles. The molecule has 0 aliphatic carbocycles. The highest BCUT2D eigenvalue weighted by Gasteiger charge is 2.24. The molecule has 0 saturated heterocycles. The Labute approximate surface area is 109 Å². The van der Waals surface area contributed by atoms with Crippen LogP contribution in [0.4, 0.5) is 0 Å². The monoisotopic (exact) mass is 250 g/mol. The maximum absolute atomic E-state index is 2.88. The van der Waals surface area contributed by atoms with E-state index in [2.05, 4.69) is 69.0 Å². The van der Waals surface area contributed by atoms with Crippen molar-refractivity contribution < 1.29 is 0 Å². The Kier molecular flexibility index (Phi) is 4.42. The second-order valence-corrected chi connectivity index (χ2v) is 6.90. The van der Waals surface area contributed by atoms with Crippen LogP contribution in [0.1, 0.15) is 65.5 Å². The molecule has 0 nitrogen and oxygen atoms in total. The van der Waals surface area contributed by atoms with Crippen LogP contribution in [0.15, 0.2) is 18.2 Å². The van der Waals surface area contributed by atoms with Gasteiger partial charge < -0.3 is 0 Å². The van der Waals surface area contributed by atoms with Gasteiger partial charge in [0, 0.05) is 0 Å². The van der Waals surface area contributed by atoms with E-state index in [1.807, 2.05) is 0 Å². The van der Waals surface area contributed by atoms with Crippen LogP contribution in [0.3, 0.4) is 0 Å². The normalized spacial score (nSPS) is 12.9. The van der Waals surface area contributed by atoms with Gasteiger partial charge in [0.2, 0.25) is 0 Å². The van der Waals surface area contributed by atoms with Gasteiger partial charge in [-0.3, -0.25) is 0 Å². The van der Waals surface area contributed by atoms with Gasteiger partial charge in [-0.1, -0.05) is 59.7 Å². The van der Waals surface area contributed by atoms with Crippen molar-refractivity contribution in [3.05, 3.63) is 29.3 Å². The molecule has 0 fully saturated rings. The van der Waals surface area contributed by atoms with Gasteiger partial charge in [-0.15, -0.1) is 9.24 Å². The minimum Gasteiger partial charge on any atom is -0.105 e. The first-order chi connectivity index (χ1) is 7.74. The van der Waals surface area contributed by atoms with Crippen molar-refractivity contribution in [2.24, 2.45) is 0 Å². The molecule has 1 rings (SSSR count). The molecule has 0 bridgehead atoms. The smallest absolute Gasteiger partial charge is 0.00999 e. The van der Waals surface area contributed by atoms with Crippen molar-refractivity contribution in [3.63, 3.8) is 0 Å². The van der Waals surface area contributed by atoms with E-state index in [1.54, 1.807) is 0 Å². The van der Waals surface area contributed by atoms with Crippen LogP contribution in [-0.4, -0.2) is 0 Å². The van der Waals surface area contributed by atoms with E-state index in [9.17, 15) is 0 Å². The zero-order valence-corrected chi connectivity index (χ0v) is 13.4. The lowest BCUT2D eigenvalue weighted by Crippen LogP contribution is -2.24. The lowest BCUT2D eigenvalue weighted by molar-refractivity contribution is 0.491. The molecule has 1 unspecified atom stereocenters. The fourth-order valence-corrected chi connectivity index (χ4v) is 2.53. The Hall–Kier alpha value is -0.350. The first-order valence-electron chi connectivity index (χ1n) is 6.65. The molecule has 17 heavy (non-hydrogen) atoms. The molecule has 1 aromatic carbocycles. The standard InChI is InChI=1S/C16H27P/c1-7-15(3,4)12-9-10-14(17)13(11-12)16(5,6)8-2/h9-11H,7-8,17H2,1-6H3. The number of hydrogen-bond acceptors (Lipinski definition) is 0. The van der Waals surface area contributed by atoms with E-state index < -0.39 is 0 Å². The van der Waals surface area contributed by atoms with Gasteiger partial charge in [-0.2, -0.15) is 0 Å². The minimum atomic E-state index is 0.261. The third-order valence-electron chi connectivity index (χ3n) is 4.33. The van der Waals surface area contributed by atoms with Crippen LogP contribution in [0.5, 0.6) is 0 Å². The average Bonchev–Trinajstić information content (AvgIpc) is 2.29. The molecule has 0 amide bonds. The fraction of sp³-hybridized carbons (Fsp3) is 0.625. The second kappa shape index (κ2) is 5.11. The van der Waals surface area contributed by atoms with Gasteiger partial charge in [0.1, 0.15) is 0 Å². The van der Waals surface area contributed by atoms with Crippen molar-refractivity contribution in [2.75, 3.05) is 0 Å². The van der Waals surface area contributed by atoms with Crippen LogP contribution >= 0.6 is 9.24 Å². The summed E-state index contributed by atoms with van der Waals surface area (Å²) in [6, 6.07) is 6.94. The summed E-state index contributed by atoms with van der Waals surface area (Å²) >= 11 is 0. The van der Waals surface area contributed by atoms with Gasteiger partial charge in [0.15, 0.2) is 0 Å². The minimum absolute atomic E-state index is 0.261. The zero-order valence-electron chi connectivity index (χ0n) is 12.2. The fourth-order valence-electron chi connectivity index (χ4n) is 1.96. The molecule has 96 valence electrons. The molecular formula is C16H27P. The van der Waals surface area contributed by atoms with E-state index in [-0.39, 0.29) is 10.8 Å². The molecule has 0 aliphatic heterocycles. The third kappa shape index (κ3) is 3.10. The molecule has 0 spiro atoms. The topological polar surface area (TPSA) is 0 Å². The van der Waals surface area contributed by atoms with Crippen molar-refractivity contribution in [1.29, 1.82) is 0 Å². The van der Waals surface area contributed by atoms with Crippen molar-refractivity contribution >= 4 is 14.5 Å². The van der Waals surface area contributed by atoms with Gasteiger partial charge in [-0.25, -0.2) is 0 Å². The molecule has 1 aromatic rings. The Bertz CT molecular complexity index is 389. The van der Waals surface area contributed by atoms with Gasteiger partial charge in [0.25, 0.3) is 0 Å². The molecular weight excluding hydrogens is 223 g/mol. The third-order valence-corrected chi connectivity index (χ3v) is 4.84. The number of benzene rings is 1. The SMILES string of the molecule is CCC(C)(C)c1ccc(P)c(C(C)(C)CC)c1. The lowest BCUT2D eigenvalue weighted by atomic mass is 9.76. The summed E-state index contributed by atoms with van der Waals surface area (Å²) in [6.07, 6.45) is 2.35. The van der Waals surface area contributed by atoms with Gasteiger partial charge >= 0.3 is 0 Å². The first-order valence-corrected chi connectivity index (χ1v) is 7.23. The molecule has 1 heteroatoms. The van der Waals surface area contributed by atoms with Crippen molar-refractivity contribution in [1.82, 2.24) is 0 Å². The Morgan fingerprint density at radius 2 is 1.47 bits per heavy atom. The Balaban J connectivity index is 3.30. The summed E-state index contributed by atoms with van der Waals surface area (Å²) in [5.41, 5.74) is 3.47. The molecule has 0 N–H and O–H groups in total. The van der Waals surface area contributed by atoms with Crippen molar-refractivity contribution in [3.8, 4) is 0 Å². The predicted molar refractivity (Wildman–Crippen MR) is 82.4 cm³/mol. The van der Waals surface area contributed by atoms with Gasteiger partial charge in [-0.05, 0) is 40.1 Å². The maximum Gasteiger partial charge on any atom is -0.00999 e. The van der Waals surface area contributed by atoms with Crippen LogP contribution < -0.4 is 5.30 Å². The van der Waals surface area contributed by atoms with Crippen LogP contribution in [0.25, 0.3) is 0 Å². The summed E-state index contributed by atoms with van der Waals surface area (Å²) in [7, 11) is 2.88. The van der Waals surface area contributed by atoms with Gasteiger partial charge in [0.05, 0.1) is 0 Å². The summed E-state index contributed by atoms with van der Waals surface area (Å²) in [4.78, 5) is 0. The molecule has 0 aromatic heterocycles. The summed E-state index contributed by atoms with van der Waals surface area (Å²) in [5, 5.41) is 1.34. The van der Waals surface area contributed by atoms with E-state index in [4.69, 9.17) is 0 Å². The van der Waals surface area contributed by atoms with Crippen LogP contribution in [0.2, 0.25) is 0 Å². The maximum atomic E-state index is 2.88. The first kappa shape index (κ1) is 14.7. The lowest BCUT2D eigenvalue weighted by Gasteiger charge is -2.30. The molecule has 0 saturated carbocycles. The second-order valence-electron chi connectivity index (χ2n) is 6.28. The predicted octanol–water partition coefficient (Wildman–Crippen LogP) is 4.56.